The van der Waals surface area contributed by atoms with Gasteiger partial charge in [-0.3, -0.25) is 4.79 Å². The Morgan fingerprint density at radius 3 is 2.58 bits per heavy atom. The Kier molecular flexibility index (Phi) is 5.27. The fraction of sp³-hybridized carbons (Fsp3) is 0.368. The molecule has 26 heavy (non-hydrogen) atoms. The molecule has 7 nitrogen and oxygen atoms in total. The first-order valence-corrected chi connectivity index (χ1v) is 8.51. The molecule has 1 aliphatic heterocycles. The predicted molar refractivity (Wildman–Crippen MR) is 99.1 cm³/mol. The Morgan fingerprint density at radius 2 is 2.00 bits per heavy atom. The molecule has 1 aliphatic rings. The first-order chi connectivity index (χ1) is 12.5. The van der Waals surface area contributed by atoms with Gasteiger partial charge in [-0.25, -0.2) is 4.98 Å². The van der Waals surface area contributed by atoms with Crippen molar-refractivity contribution in [1.29, 1.82) is 0 Å². The number of amides is 1. The van der Waals surface area contributed by atoms with Crippen LogP contribution in [0.4, 0.5) is 11.5 Å². The standard InChI is InChI=1S/C19H23N3O4/c1-12-10-22(11-13(2)26-12)18-7-4-14(9-20-18)21-19(24)16-6-5-15(25-3)8-17(16)23/h4-9,12-13,23H,10-11H2,1-3H3,(H,21,24). The van der Waals surface area contributed by atoms with E-state index in [1.54, 1.807) is 18.3 Å². The zero-order valence-corrected chi connectivity index (χ0v) is 15.1. The normalized spacial score (nSPS) is 19.9. The Labute approximate surface area is 152 Å². The fourth-order valence-corrected chi connectivity index (χ4v) is 3.04. The van der Waals surface area contributed by atoms with E-state index < -0.39 is 5.91 Å². The van der Waals surface area contributed by atoms with Gasteiger partial charge in [0.15, 0.2) is 0 Å². The molecule has 1 aromatic carbocycles. The smallest absolute Gasteiger partial charge is 0.259 e. The summed E-state index contributed by atoms with van der Waals surface area (Å²) in [6.45, 7) is 5.64. The van der Waals surface area contributed by atoms with Crippen LogP contribution in [0.2, 0.25) is 0 Å². The molecule has 0 aliphatic carbocycles. The Bertz CT molecular complexity index is 769. The number of nitrogens with one attached hydrogen (secondary N) is 1. The number of rotatable bonds is 4. The molecule has 2 atom stereocenters. The quantitative estimate of drug-likeness (QED) is 0.875. The lowest BCUT2D eigenvalue weighted by Crippen LogP contribution is -2.45. The summed E-state index contributed by atoms with van der Waals surface area (Å²) in [5.74, 6) is 0.785. The molecule has 2 N–H and O–H groups in total. The maximum atomic E-state index is 12.3. The van der Waals surface area contributed by atoms with Gasteiger partial charge < -0.3 is 24.8 Å². The number of carbonyl (C=O) groups excluding carboxylic acids is 1. The van der Waals surface area contributed by atoms with Gasteiger partial charge in [-0.2, -0.15) is 0 Å². The van der Waals surface area contributed by atoms with Crippen LogP contribution in [0.25, 0.3) is 0 Å². The minimum absolute atomic E-state index is 0.136. The summed E-state index contributed by atoms with van der Waals surface area (Å²) in [5.41, 5.74) is 0.731. The summed E-state index contributed by atoms with van der Waals surface area (Å²) in [4.78, 5) is 18.9. The topological polar surface area (TPSA) is 83.9 Å². The first kappa shape index (κ1) is 18.0. The van der Waals surface area contributed by atoms with Crippen LogP contribution in [0.3, 0.4) is 0 Å². The number of phenols is 1. The van der Waals surface area contributed by atoms with Crippen molar-refractivity contribution in [2.45, 2.75) is 26.1 Å². The van der Waals surface area contributed by atoms with Gasteiger partial charge in [-0.05, 0) is 38.1 Å². The number of aromatic nitrogens is 1. The molecular weight excluding hydrogens is 334 g/mol. The van der Waals surface area contributed by atoms with E-state index in [9.17, 15) is 9.90 Å². The van der Waals surface area contributed by atoms with Gasteiger partial charge >= 0.3 is 0 Å². The molecule has 0 spiro atoms. The highest BCUT2D eigenvalue weighted by Crippen LogP contribution is 2.25. The van der Waals surface area contributed by atoms with Crippen LogP contribution in [0.15, 0.2) is 36.5 Å². The van der Waals surface area contributed by atoms with Crippen molar-refractivity contribution in [3.63, 3.8) is 0 Å². The molecule has 0 saturated carbocycles. The van der Waals surface area contributed by atoms with E-state index in [1.165, 1.54) is 19.2 Å². The van der Waals surface area contributed by atoms with E-state index in [-0.39, 0.29) is 23.5 Å². The van der Waals surface area contributed by atoms with Gasteiger partial charge in [-0.15, -0.1) is 0 Å². The molecule has 2 aromatic rings. The molecule has 2 heterocycles. The summed E-state index contributed by atoms with van der Waals surface area (Å²) < 4.78 is 10.8. The molecule has 7 heteroatoms. The van der Waals surface area contributed by atoms with Crippen molar-refractivity contribution >= 4 is 17.4 Å². The summed E-state index contributed by atoms with van der Waals surface area (Å²) in [6.07, 6.45) is 1.91. The second kappa shape index (κ2) is 7.61. The van der Waals surface area contributed by atoms with Gasteiger partial charge in [0.2, 0.25) is 0 Å². The number of phenolic OH excluding ortho intramolecular Hbond substituents is 1. The van der Waals surface area contributed by atoms with Crippen LogP contribution < -0.4 is 15.0 Å². The molecule has 0 radical (unpaired) electrons. The SMILES string of the molecule is COc1ccc(C(=O)Nc2ccc(N3CC(C)OC(C)C3)nc2)c(O)c1. The van der Waals surface area contributed by atoms with Crippen LogP contribution in [-0.4, -0.2) is 48.4 Å². The van der Waals surface area contributed by atoms with Gasteiger partial charge in [0, 0.05) is 19.2 Å². The lowest BCUT2D eigenvalue weighted by Gasteiger charge is -2.36. The van der Waals surface area contributed by atoms with Crippen LogP contribution in [0, 0.1) is 0 Å². The number of nitrogens with zero attached hydrogens (tertiary/aromatic N) is 2. The third kappa shape index (κ3) is 4.05. The highest BCUT2D eigenvalue weighted by molar-refractivity contribution is 6.06. The highest BCUT2D eigenvalue weighted by atomic mass is 16.5. The minimum atomic E-state index is -0.409. The summed E-state index contributed by atoms with van der Waals surface area (Å²) in [6, 6.07) is 8.20. The van der Waals surface area contributed by atoms with E-state index in [1.807, 2.05) is 19.9 Å². The van der Waals surface area contributed by atoms with E-state index in [4.69, 9.17) is 9.47 Å². The number of hydrogen-bond acceptors (Lipinski definition) is 6. The van der Waals surface area contributed by atoms with Crippen molar-refractivity contribution < 1.29 is 19.4 Å². The van der Waals surface area contributed by atoms with E-state index >= 15 is 0 Å². The van der Waals surface area contributed by atoms with E-state index in [0.717, 1.165) is 18.9 Å². The molecule has 1 aromatic heterocycles. The maximum Gasteiger partial charge on any atom is 0.259 e. The van der Waals surface area contributed by atoms with Gasteiger partial charge in [-0.1, -0.05) is 0 Å². The molecule has 3 rings (SSSR count). The van der Waals surface area contributed by atoms with Crippen molar-refractivity contribution in [3.05, 3.63) is 42.1 Å². The second-order valence-electron chi connectivity index (χ2n) is 6.40. The van der Waals surface area contributed by atoms with Gasteiger partial charge in [0.1, 0.15) is 17.3 Å². The van der Waals surface area contributed by atoms with Crippen molar-refractivity contribution in [2.75, 3.05) is 30.4 Å². The van der Waals surface area contributed by atoms with Crippen molar-refractivity contribution in [2.24, 2.45) is 0 Å². The molecular formula is C19H23N3O4. The van der Waals surface area contributed by atoms with Crippen LogP contribution in [-0.2, 0) is 4.74 Å². The average Bonchev–Trinajstić information content (AvgIpc) is 2.61. The highest BCUT2D eigenvalue weighted by Gasteiger charge is 2.23. The molecule has 1 fully saturated rings. The summed E-state index contributed by atoms with van der Waals surface area (Å²) in [5, 5.41) is 12.7. The first-order valence-electron chi connectivity index (χ1n) is 8.51. The Morgan fingerprint density at radius 1 is 1.27 bits per heavy atom. The van der Waals surface area contributed by atoms with E-state index in [0.29, 0.717) is 11.4 Å². The Balaban J connectivity index is 1.68. The maximum absolute atomic E-state index is 12.3. The predicted octanol–water partition coefficient (Wildman–Crippen LogP) is 2.66. The largest absolute Gasteiger partial charge is 0.507 e. The number of benzene rings is 1. The number of morpholine rings is 1. The zero-order valence-electron chi connectivity index (χ0n) is 15.1. The molecule has 1 saturated heterocycles. The Hall–Kier alpha value is -2.80. The number of ether oxygens (including phenoxy) is 2. The zero-order chi connectivity index (χ0) is 18.7. The minimum Gasteiger partial charge on any atom is -0.507 e. The average molecular weight is 357 g/mol. The number of anilines is 2. The van der Waals surface area contributed by atoms with Crippen LogP contribution in [0.5, 0.6) is 11.5 Å². The molecule has 0 bridgehead atoms. The third-order valence-corrected chi connectivity index (χ3v) is 4.20. The van der Waals surface area contributed by atoms with Gasteiger partial charge in [0.25, 0.3) is 5.91 Å². The van der Waals surface area contributed by atoms with Gasteiger partial charge in [0.05, 0.1) is 36.8 Å². The monoisotopic (exact) mass is 357 g/mol. The lowest BCUT2D eigenvalue weighted by molar-refractivity contribution is -0.00545. The number of pyridine rings is 1. The summed E-state index contributed by atoms with van der Waals surface area (Å²) in [7, 11) is 1.50. The van der Waals surface area contributed by atoms with Crippen LogP contribution >= 0.6 is 0 Å². The van der Waals surface area contributed by atoms with Crippen molar-refractivity contribution in [3.8, 4) is 11.5 Å². The summed E-state index contributed by atoms with van der Waals surface area (Å²) >= 11 is 0. The second-order valence-corrected chi connectivity index (χ2v) is 6.40. The number of hydrogen-bond donors (Lipinski definition) is 2. The molecule has 2 unspecified atom stereocenters. The molecule has 1 amide bonds. The fourth-order valence-electron chi connectivity index (χ4n) is 3.04. The van der Waals surface area contributed by atoms with Crippen molar-refractivity contribution in [1.82, 2.24) is 4.98 Å². The number of methoxy groups -OCH3 is 1. The number of carbonyl (C=O) groups is 1. The van der Waals surface area contributed by atoms with E-state index in [2.05, 4.69) is 15.2 Å². The third-order valence-electron chi connectivity index (χ3n) is 4.20. The molecule has 138 valence electrons. The lowest BCUT2D eigenvalue weighted by atomic mass is 10.1. The number of aromatic hydroxyl groups is 1. The van der Waals surface area contributed by atoms with Crippen LogP contribution in [0.1, 0.15) is 24.2 Å².